The highest BCUT2D eigenvalue weighted by molar-refractivity contribution is 7.11. The molecule has 2 nitrogen and oxygen atoms in total. The van der Waals surface area contributed by atoms with E-state index in [1.807, 2.05) is 11.3 Å². The monoisotopic (exact) mass is 266 g/mol. The van der Waals surface area contributed by atoms with Gasteiger partial charge < -0.3 is 10.6 Å². The molecule has 1 atom stereocenters. The van der Waals surface area contributed by atoms with Gasteiger partial charge in [-0.1, -0.05) is 13.8 Å². The van der Waals surface area contributed by atoms with Gasteiger partial charge in [0, 0.05) is 22.8 Å². The zero-order valence-electron chi connectivity index (χ0n) is 11.9. The molecule has 2 N–H and O–H groups in total. The SMILES string of the molecule is Cc1ccc(CNCC(C)(C)C2CCCNC2)s1. The molecule has 0 radical (unpaired) electrons. The van der Waals surface area contributed by atoms with Crippen LogP contribution in [0.15, 0.2) is 12.1 Å². The Bertz CT molecular complexity index is 364. The molecular weight excluding hydrogens is 240 g/mol. The molecule has 1 aromatic rings. The van der Waals surface area contributed by atoms with Gasteiger partial charge in [-0.15, -0.1) is 11.3 Å². The standard InChI is InChI=1S/C15H26N2S/c1-12-6-7-14(18-12)10-17-11-15(2,3)13-5-4-8-16-9-13/h6-7,13,16-17H,4-5,8-11H2,1-3H3. The maximum absolute atomic E-state index is 3.64. The van der Waals surface area contributed by atoms with E-state index in [9.17, 15) is 0 Å². The van der Waals surface area contributed by atoms with Gasteiger partial charge in [-0.3, -0.25) is 0 Å². The molecule has 0 aromatic carbocycles. The molecule has 1 aliphatic rings. The number of rotatable bonds is 5. The number of piperidine rings is 1. The predicted octanol–water partition coefficient (Wildman–Crippen LogP) is 3.17. The second-order valence-corrected chi connectivity index (χ2v) is 7.52. The number of hydrogen-bond donors (Lipinski definition) is 2. The van der Waals surface area contributed by atoms with Crippen molar-refractivity contribution in [3.05, 3.63) is 21.9 Å². The van der Waals surface area contributed by atoms with E-state index in [4.69, 9.17) is 0 Å². The summed E-state index contributed by atoms with van der Waals surface area (Å²) in [5, 5.41) is 7.16. The number of hydrogen-bond acceptors (Lipinski definition) is 3. The van der Waals surface area contributed by atoms with Crippen molar-refractivity contribution < 1.29 is 0 Å². The summed E-state index contributed by atoms with van der Waals surface area (Å²) in [6.07, 6.45) is 2.71. The Labute approximate surface area is 115 Å². The summed E-state index contributed by atoms with van der Waals surface area (Å²) in [7, 11) is 0. The Morgan fingerprint density at radius 3 is 2.89 bits per heavy atom. The Morgan fingerprint density at radius 2 is 2.28 bits per heavy atom. The van der Waals surface area contributed by atoms with E-state index in [0.717, 1.165) is 19.0 Å². The van der Waals surface area contributed by atoms with Crippen LogP contribution in [0.25, 0.3) is 0 Å². The van der Waals surface area contributed by atoms with Crippen LogP contribution in [0, 0.1) is 18.3 Å². The third-order valence-corrected chi connectivity index (χ3v) is 5.08. The molecule has 0 amide bonds. The van der Waals surface area contributed by atoms with E-state index in [1.165, 1.54) is 35.7 Å². The summed E-state index contributed by atoms with van der Waals surface area (Å²) >= 11 is 1.90. The quantitative estimate of drug-likeness (QED) is 0.855. The fraction of sp³-hybridized carbons (Fsp3) is 0.733. The molecule has 1 unspecified atom stereocenters. The lowest BCUT2D eigenvalue weighted by molar-refractivity contribution is 0.166. The largest absolute Gasteiger partial charge is 0.316 e. The van der Waals surface area contributed by atoms with E-state index >= 15 is 0 Å². The summed E-state index contributed by atoms with van der Waals surface area (Å²) in [6.45, 7) is 11.5. The van der Waals surface area contributed by atoms with Crippen molar-refractivity contribution in [2.24, 2.45) is 11.3 Å². The molecule has 18 heavy (non-hydrogen) atoms. The minimum atomic E-state index is 0.389. The van der Waals surface area contributed by atoms with Crippen molar-refractivity contribution in [1.82, 2.24) is 10.6 Å². The lowest BCUT2D eigenvalue weighted by Crippen LogP contribution is -2.43. The fourth-order valence-corrected chi connectivity index (χ4v) is 3.61. The molecule has 1 aromatic heterocycles. The van der Waals surface area contributed by atoms with Crippen LogP contribution in [-0.2, 0) is 6.54 Å². The topological polar surface area (TPSA) is 24.1 Å². The Hall–Kier alpha value is -0.380. The van der Waals surface area contributed by atoms with Crippen molar-refractivity contribution in [3.8, 4) is 0 Å². The summed E-state index contributed by atoms with van der Waals surface area (Å²) in [4.78, 5) is 2.85. The molecule has 1 saturated heterocycles. The van der Waals surface area contributed by atoms with E-state index in [1.54, 1.807) is 0 Å². The van der Waals surface area contributed by atoms with Crippen molar-refractivity contribution in [2.45, 2.75) is 40.2 Å². The van der Waals surface area contributed by atoms with E-state index < -0.39 is 0 Å². The van der Waals surface area contributed by atoms with Crippen LogP contribution in [0.2, 0.25) is 0 Å². The predicted molar refractivity (Wildman–Crippen MR) is 80.1 cm³/mol. The van der Waals surface area contributed by atoms with Gasteiger partial charge in [0.2, 0.25) is 0 Å². The molecule has 3 heteroatoms. The van der Waals surface area contributed by atoms with Crippen LogP contribution < -0.4 is 10.6 Å². The Balaban J connectivity index is 1.77. The van der Waals surface area contributed by atoms with Gasteiger partial charge in [0.15, 0.2) is 0 Å². The third-order valence-electron chi connectivity index (χ3n) is 4.08. The first-order chi connectivity index (χ1) is 8.58. The van der Waals surface area contributed by atoms with Crippen molar-refractivity contribution >= 4 is 11.3 Å². The maximum Gasteiger partial charge on any atom is 0.0300 e. The number of aryl methyl sites for hydroxylation is 1. The van der Waals surface area contributed by atoms with Crippen LogP contribution in [0.1, 0.15) is 36.4 Å². The highest BCUT2D eigenvalue weighted by Crippen LogP contribution is 2.31. The molecule has 1 fully saturated rings. The average molecular weight is 266 g/mol. The van der Waals surface area contributed by atoms with Crippen LogP contribution >= 0.6 is 11.3 Å². The van der Waals surface area contributed by atoms with Gasteiger partial charge in [-0.05, 0) is 56.3 Å². The maximum atomic E-state index is 3.64. The molecule has 2 heterocycles. The Morgan fingerprint density at radius 1 is 1.44 bits per heavy atom. The number of thiophene rings is 1. The van der Waals surface area contributed by atoms with Gasteiger partial charge in [-0.25, -0.2) is 0 Å². The van der Waals surface area contributed by atoms with Crippen LogP contribution in [-0.4, -0.2) is 19.6 Å². The summed E-state index contributed by atoms with van der Waals surface area (Å²) < 4.78 is 0. The molecule has 102 valence electrons. The molecule has 2 rings (SSSR count). The van der Waals surface area contributed by atoms with Gasteiger partial charge >= 0.3 is 0 Å². The minimum absolute atomic E-state index is 0.389. The Kier molecular flexibility index (Phi) is 4.82. The van der Waals surface area contributed by atoms with Crippen molar-refractivity contribution in [1.29, 1.82) is 0 Å². The highest BCUT2D eigenvalue weighted by Gasteiger charge is 2.30. The second kappa shape index (κ2) is 6.18. The molecule has 0 aliphatic carbocycles. The molecule has 1 aliphatic heterocycles. The average Bonchev–Trinajstić information content (AvgIpc) is 2.76. The summed E-state index contributed by atoms with van der Waals surface area (Å²) in [5.74, 6) is 0.809. The zero-order chi connectivity index (χ0) is 13.0. The van der Waals surface area contributed by atoms with E-state index in [2.05, 4.69) is 43.5 Å². The fourth-order valence-electron chi connectivity index (χ4n) is 2.75. The first-order valence-corrected chi connectivity index (χ1v) is 7.86. The van der Waals surface area contributed by atoms with Gasteiger partial charge in [0.1, 0.15) is 0 Å². The first-order valence-electron chi connectivity index (χ1n) is 7.05. The second-order valence-electron chi connectivity index (χ2n) is 6.15. The zero-order valence-corrected chi connectivity index (χ0v) is 12.7. The lowest BCUT2D eigenvalue weighted by Gasteiger charge is -2.37. The van der Waals surface area contributed by atoms with Gasteiger partial charge in [-0.2, -0.15) is 0 Å². The lowest BCUT2D eigenvalue weighted by atomic mass is 9.75. The van der Waals surface area contributed by atoms with Crippen LogP contribution in [0.5, 0.6) is 0 Å². The van der Waals surface area contributed by atoms with Crippen molar-refractivity contribution in [3.63, 3.8) is 0 Å². The molecular formula is C15H26N2S. The van der Waals surface area contributed by atoms with Gasteiger partial charge in [0.05, 0.1) is 0 Å². The van der Waals surface area contributed by atoms with Gasteiger partial charge in [0.25, 0.3) is 0 Å². The van der Waals surface area contributed by atoms with Crippen molar-refractivity contribution in [2.75, 3.05) is 19.6 Å². The van der Waals surface area contributed by atoms with E-state index in [0.29, 0.717) is 5.41 Å². The normalized spacial score (nSPS) is 21.2. The van der Waals surface area contributed by atoms with Crippen LogP contribution in [0.4, 0.5) is 0 Å². The minimum Gasteiger partial charge on any atom is -0.316 e. The summed E-state index contributed by atoms with van der Waals surface area (Å²) in [5.41, 5.74) is 0.389. The number of nitrogens with one attached hydrogen (secondary N) is 2. The first kappa shape index (κ1) is 14.0. The molecule has 0 spiro atoms. The third kappa shape index (κ3) is 3.81. The summed E-state index contributed by atoms with van der Waals surface area (Å²) in [6, 6.07) is 4.44. The smallest absolute Gasteiger partial charge is 0.0300 e. The highest BCUT2D eigenvalue weighted by atomic mass is 32.1. The van der Waals surface area contributed by atoms with E-state index in [-0.39, 0.29) is 0 Å². The van der Waals surface area contributed by atoms with Crippen LogP contribution in [0.3, 0.4) is 0 Å². The molecule has 0 bridgehead atoms. The molecule has 0 saturated carbocycles.